The second-order valence-corrected chi connectivity index (χ2v) is 7.47. The standard InChI is InChI=1S/C17H17N3O4S/c21-16-12-20(10-9-18-16)25(23,24)15-8-4-7-14(11-15)19-17(22)13-5-2-1-3-6-13/h1-8,11H,9-10,12H2,(H,18,21)(H,19,22). The van der Waals surface area contributed by atoms with Gasteiger partial charge in [-0.25, -0.2) is 8.42 Å². The van der Waals surface area contributed by atoms with Crippen LogP contribution in [0.25, 0.3) is 0 Å². The van der Waals surface area contributed by atoms with Crippen LogP contribution in [-0.4, -0.2) is 44.2 Å². The monoisotopic (exact) mass is 359 g/mol. The topological polar surface area (TPSA) is 95.6 Å². The van der Waals surface area contributed by atoms with Gasteiger partial charge in [0.25, 0.3) is 5.91 Å². The zero-order valence-corrected chi connectivity index (χ0v) is 14.1. The van der Waals surface area contributed by atoms with Crippen molar-refractivity contribution in [2.24, 2.45) is 0 Å². The summed E-state index contributed by atoms with van der Waals surface area (Å²) in [5, 5.41) is 5.27. The molecule has 2 N–H and O–H groups in total. The second kappa shape index (κ2) is 7.04. The van der Waals surface area contributed by atoms with E-state index >= 15 is 0 Å². The maximum Gasteiger partial charge on any atom is 0.255 e. The zero-order chi connectivity index (χ0) is 17.9. The van der Waals surface area contributed by atoms with Gasteiger partial charge in [0.2, 0.25) is 15.9 Å². The van der Waals surface area contributed by atoms with Crippen LogP contribution in [-0.2, 0) is 14.8 Å². The van der Waals surface area contributed by atoms with E-state index < -0.39 is 10.0 Å². The van der Waals surface area contributed by atoms with Gasteiger partial charge < -0.3 is 10.6 Å². The molecule has 0 bridgehead atoms. The molecule has 2 amide bonds. The molecule has 2 aromatic rings. The number of piperazine rings is 1. The summed E-state index contributed by atoms with van der Waals surface area (Å²) in [6, 6.07) is 14.6. The minimum Gasteiger partial charge on any atom is -0.354 e. The number of nitrogens with one attached hydrogen (secondary N) is 2. The minimum atomic E-state index is -3.80. The predicted octanol–water partition coefficient (Wildman–Crippen LogP) is 1.06. The molecule has 0 atom stereocenters. The number of amides is 2. The first kappa shape index (κ1) is 17.1. The molecule has 25 heavy (non-hydrogen) atoms. The first-order valence-electron chi connectivity index (χ1n) is 7.70. The van der Waals surface area contributed by atoms with Gasteiger partial charge >= 0.3 is 0 Å². The summed E-state index contributed by atoms with van der Waals surface area (Å²) in [7, 11) is -3.80. The third-order valence-corrected chi connectivity index (χ3v) is 5.61. The Balaban J connectivity index is 1.81. The molecule has 2 aromatic carbocycles. The molecular formula is C17H17N3O4S. The number of rotatable bonds is 4. The van der Waals surface area contributed by atoms with Crippen molar-refractivity contribution in [1.82, 2.24) is 9.62 Å². The Morgan fingerprint density at radius 2 is 1.84 bits per heavy atom. The van der Waals surface area contributed by atoms with E-state index in [1.54, 1.807) is 42.5 Å². The molecule has 1 aliphatic heterocycles. The lowest BCUT2D eigenvalue weighted by atomic mass is 10.2. The van der Waals surface area contributed by atoms with Gasteiger partial charge in [0.05, 0.1) is 11.4 Å². The SMILES string of the molecule is O=C1CN(S(=O)(=O)c2cccc(NC(=O)c3ccccc3)c2)CCN1. The third-order valence-electron chi connectivity index (χ3n) is 3.77. The van der Waals surface area contributed by atoms with Gasteiger partial charge in [-0.3, -0.25) is 9.59 Å². The van der Waals surface area contributed by atoms with Crippen molar-refractivity contribution in [2.75, 3.05) is 25.0 Å². The van der Waals surface area contributed by atoms with Crippen molar-refractivity contribution in [1.29, 1.82) is 0 Å². The molecule has 1 heterocycles. The zero-order valence-electron chi connectivity index (χ0n) is 13.3. The first-order valence-corrected chi connectivity index (χ1v) is 9.14. The highest BCUT2D eigenvalue weighted by atomic mass is 32.2. The minimum absolute atomic E-state index is 0.0352. The van der Waals surface area contributed by atoms with Crippen LogP contribution in [0.15, 0.2) is 59.5 Å². The molecular weight excluding hydrogens is 342 g/mol. The highest BCUT2D eigenvalue weighted by Gasteiger charge is 2.29. The van der Waals surface area contributed by atoms with Crippen molar-refractivity contribution in [3.8, 4) is 0 Å². The van der Waals surface area contributed by atoms with Crippen molar-refractivity contribution >= 4 is 27.5 Å². The molecule has 0 radical (unpaired) electrons. The highest BCUT2D eigenvalue weighted by Crippen LogP contribution is 2.20. The second-order valence-electron chi connectivity index (χ2n) is 5.54. The van der Waals surface area contributed by atoms with Crippen molar-refractivity contribution in [3.05, 3.63) is 60.2 Å². The first-order chi connectivity index (χ1) is 12.0. The number of sulfonamides is 1. The number of carbonyl (C=O) groups excluding carboxylic acids is 2. The van der Waals surface area contributed by atoms with Gasteiger partial charge in [-0.15, -0.1) is 0 Å². The van der Waals surface area contributed by atoms with E-state index in [-0.39, 0.29) is 36.3 Å². The van der Waals surface area contributed by atoms with E-state index in [2.05, 4.69) is 10.6 Å². The van der Waals surface area contributed by atoms with Crippen LogP contribution in [0.5, 0.6) is 0 Å². The fourth-order valence-corrected chi connectivity index (χ4v) is 3.94. The van der Waals surface area contributed by atoms with Gasteiger partial charge in [0.15, 0.2) is 0 Å². The summed E-state index contributed by atoms with van der Waals surface area (Å²) in [6.07, 6.45) is 0. The largest absolute Gasteiger partial charge is 0.354 e. The number of hydrogen-bond acceptors (Lipinski definition) is 4. The predicted molar refractivity (Wildman–Crippen MR) is 92.6 cm³/mol. The molecule has 130 valence electrons. The number of carbonyl (C=O) groups is 2. The van der Waals surface area contributed by atoms with Crippen molar-refractivity contribution < 1.29 is 18.0 Å². The van der Waals surface area contributed by atoms with Gasteiger partial charge in [0, 0.05) is 24.3 Å². The normalized spacial score (nSPS) is 15.4. The van der Waals surface area contributed by atoms with E-state index in [0.29, 0.717) is 11.3 Å². The molecule has 3 rings (SSSR count). The Morgan fingerprint density at radius 3 is 2.56 bits per heavy atom. The average molecular weight is 359 g/mol. The van der Waals surface area contributed by atoms with Crippen molar-refractivity contribution in [3.63, 3.8) is 0 Å². The van der Waals surface area contributed by atoms with E-state index in [4.69, 9.17) is 0 Å². The third kappa shape index (κ3) is 3.86. The van der Waals surface area contributed by atoms with Crippen LogP contribution in [0.2, 0.25) is 0 Å². The summed E-state index contributed by atoms with van der Waals surface area (Å²) < 4.78 is 26.5. The molecule has 1 aliphatic rings. The van der Waals surface area contributed by atoms with Crippen LogP contribution >= 0.6 is 0 Å². The number of hydrogen-bond donors (Lipinski definition) is 2. The van der Waals surface area contributed by atoms with Crippen LogP contribution in [0, 0.1) is 0 Å². The molecule has 8 heteroatoms. The quantitative estimate of drug-likeness (QED) is 0.853. The Hall–Kier alpha value is -2.71. The van der Waals surface area contributed by atoms with Crippen LogP contribution in [0.4, 0.5) is 5.69 Å². The summed E-state index contributed by atoms with van der Waals surface area (Å²) in [4.78, 5) is 23.7. The molecule has 1 saturated heterocycles. The lowest BCUT2D eigenvalue weighted by Crippen LogP contribution is -2.49. The van der Waals surface area contributed by atoms with Crippen LogP contribution in [0.3, 0.4) is 0 Å². The van der Waals surface area contributed by atoms with Gasteiger partial charge in [-0.05, 0) is 30.3 Å². The summed E-state index contributed by atoms with van der Waals surface area (Å²) in [5.74, 6) is -0.657. The summed E-state index contributed by atoms with van der Waals surface area (Å²) >= 11 is 0. The Bertz CT molecular complexity index is 897. The Morgan fingerprint density at radius 1 is 1.08 bits per heavy atom. The van der Waals surface area contributed by atoms with E-state index in [1.807, 2.05) is 0 Å². The van der Waals surface area contributed by atoms with Crippen LogP contribution in [0.1, 0.15) is 10.4 Å². The molecule has 0 saturated carbocycles. The number of anilines is 1. The lowest BCUT2D eigenvalue weighted by Gasteiger charge is -2.26. The molecule has 0 spiro atoms. The fourth-order valence-electron chi connectivity index (χ4n) is 2.50. The molecule has 1 fully saturated rings. The maximum absolute atomic E-state index is 12.7. The molecule has 0 unspecified atom stereocenters. The number of benzene rings is 2. The molecule has 0 aromatic heterocycles. The average Bonchev–Trinajstić information content (AvgIpc) is 2.62. The van der Waals surface area contributed by atoms with Gasteiger partial charge in [-0.1, -0.05) is 24.3 Å². The van der Waals surface area contributed by atoms with Gasteiger partial charge in [0.1, 0.15) is 0 Å². The van der Waals surface area contributed by atoms with Crippen LogP contribution < -0.4 is 10.6 Å². The smallest absolute Gasteiger partial charge is 0.255 e. The van der Waals surface area contributed by atoms with E-state index in [0.717, 1.165) is 4.31 Å². The summed E-state index contributed by atoms with van der Waals surface area (Å²) in [6.45, 7) is 0.292. The summed E-state index contributed by atoms with van der Waals surface area (Å²) in [5.41, 5.74) is 0.847. The highest BCUT2D eigenvalue weighted by molar-refractivity contribution is 7.89. The Kier molecular flexibility index (Phi) is 4.82. The fraction of sp³-hybridized carbons (Fsp3) is 0.176. The van der Waals surface area contributed by atoms with Gasteiger partial charge in [-0.2, -0.15) is 4.31 Å². The Labute approximate surface area is 145 Å². The van der Waals surface area contributed by atoms with E-state index in [9.17, 15) is 18.0 Å². The lowest BCUT2D eigenvalue weighted by molar-refractivity contribution is -0.122. The molecule has 7 nitrogen and oxygen atoms in total. The maximum atomic E-state index is 12.7. The number of nitrogens with zero attached hydrogens (tertiary/aromatic N) is 1. The molecule has 0 aliphatic carbocycles. The van der Waals surface area contributed by atoms with Crippen molar-refractivity contribution in [2.45, 2.75) is 4.90 Å². The van der Waals surface area contributed by atoms with E-state index in [1.165, 1.54) is 12.1 Å².